The zero-order valence-electron chi connectivity index (χ0n) is 16.5. The molecule has 2 saturated heterocycles. The summed E-state index contributed by atoms with van der Waals surface area (Å²) in [6, 6.07) is 7.32. The third-order valence-electron chi connectivity index (χ3n) is 5.71. The maximum atomic E-state index is 14.8. The van der Waals surface area contributed by atoms with Gasteiger partial charge in [-0.25, -0.2) is 9.18 Å². The van der Waals surface area contributed by atoms with E-state index in [1.165, 1.54) is 23.1 Å². The van der Waals surface area contributed by atoms with E-state index < -0.39 is 14.2 Å². The number of amides is 1. The first-order valence-electron chi connectivity index (χ1n) is 9.83. The lowest BCUT2D eigenvalue weighted by Gasteiger charge is -2.37. The van der Waals surface area contributed by atoms with Crippen LogP contribution in [0.1, 0.15) is 26.2 Å². The highest BCUT2D eigenvalue weighted by molar-refractivity contribution is 6.77. The number of carbonyl (C=O) groups is 2. The summed E-state index contributed by atoms with van der Waals surface area (Å²) >= 11 is 0. The number of carbonyl (C=O) groups excluding carboxylic acids is 2. The molecule has 2 heterocycles. The topological polar surface area (TPSA) is 49.9 Å². The monoisotopic (exact) mass is 392 g/mol. The number of rotatable bonds is 6. The first kappa shape index (κ1) is 19.9. The van der Waals surface area contributed by atoms with E-state index in [1.54, 1.807) is 12.1 Å². The van der Waals surface area contributed by atoms with Crippen LogP contribution in [0.4, 0.5) is 20.6 Å². The number of ketones is 1. The van der Waals surface area contributed by atoms with E-state index in [-0.39, 0.29) is 17.7 Å². The number of benzene rings is 1. The van der Waals surface area contributed by atoms with Crippen LogP contribution in [0.2, 0.25) is 25.2 Å². The maximum absolute atomic E-state index is 14.8. The van der Waals surface area contributed by atoms with Crippen LogP contribution in [0.25, 0.3) is 0 Å². The highest BCUT2D eigenvalue weighted by Gasteiger charge is 2.33. The van der Waals surface area contributed by atoms with Crippen LogP contribution < -0.4 is 9.80 Å². The molecule has 2 aliphatic rings. The number of hydrogen-bond acceptors (Lipinski definition) is 4. The summed E-state index contributed by atoms with van der Waals surface area (Å²) in [5, 5.41) is 0. The van der Waals surface area contributed by atoms with Gasteiger partial charge in [0, 0.05) is 25.9 Å². The van der Waals surface area contributed by atoms with Gasteiger partial charge in [0.25, 0.3) is 0 Å². The first-order chi connectivity index (χ1) is 12.8. The Hall–Kier alpha value is -1.89. The van der Waals surface area contributed by atoms with Gasteiger partial charge >= 0.3 is 6.09 Å². The quantitative estimate of drug-likeness (QED) is 0.672. The number of hydrogen-bond donors (Lipinski definition) is 0. The second-order valence-electron chi connectivity index (χ2n) is 8.33. The number of anilines is 2. The van der Waals surface area contributed by atoms with Crippen molar-refractivity contribution in [1.29, 1.82) is 0 Å². The lowest BCUT2D eigenvalue weighted by atomic mass is 10.1. The van der Waals surface area contributed by atoms with Crippen molar-refractivity contribution < 1.29 is 18.7 Å². The fourth-order valence-corrected chi connectivity index (χ4v) is 5.66. The summed E-state index contributed by atoms with van der Waals surface area (Å²) in [7, 11) is -1.11. The van der Waals surface area contributed by atoms with Gasteiger partial charge in [-0.2, -0.15) is 0 Å². The summed E-state index contributed by atoms with van der Waals surface area (Å²) < 4.78 is 20.1. The van der Waals surface area contributed by atoms with Crippen LogP contribution in [0.15, 0.2) is 18.2 Å². The SMILES string of the molecule is CCC(=O)CC[C@H]1CN(c2ccc(N3CC[Si](C)(C)CC3)c(F)c2)C(=O)O1. The van der Waals surface area contributed by atoms with Crippen LogP contribution in [0.3, 0.4) is 0 Å². The Kier molecular flexibility index (Phi) is 5.88. The molecule has 1 amide bonds. The molecule has 1 aromatic carbocycles. The van der Waals surface area contributed by atoms with Crippen molar-refractivity contribution in [2.24, 2.45) is 0 Å². The fraction of sp³-hybridized carbons (Fsp3) is 0.600. The van der Waals surface area contributed by atoms with Crippen molar-refractivity contribution in [3.8, 4) is 0 Å². The zero-order valence-corrected chi connectivity index (χ0v) is 17.5. The molecular formula is C20H29FN2O3Si. The van der Waals surface area contributed by atoms with E-state index >= 15 is 0 Å². The lowest BCUT2D eigenvalue weighted by molar-refractivity contribution is -0.119. The minimum atomic E-state index is -1.11. The van der Waals surface area contributed by atoms with Gasteiger partial charge in [0.05, 0.1) is 26.0 Å². The Morgan fingerprint density at radius 2 is 2.00 bits per heavy atom. The molecule has 0 aromatic heterocycles. The average molecular weight is 393 g/mol. The van der Waals surface area contributed by atoms with Crippen molar-refractivity contribution in [2.75, 3.05) is 29.4 Å². The zero-order chi connectivity index (χ0) is 19.6. The van der Waals surface area contributed by atoms with E-state index in [4.69, 9.17) is 4.74 Å². The van der Waals surface area contributed by atoms with Crippen LogP contribution in [-0.4, -0.2) is 45.7 Å². The molecule has 1 aromatic rings. The molecule has 3 rings (SSSR count). The highest BCUT2D eigenvalue weighted by atomic mass is 28.3. The third kappa shape index (κ3) is 4.69. The molecule has 0 radical (unpaired) electrons. The number of ether oxygens (including phenoxy) is 1. The highest BCUT2D eigenvalue weighted by Crippen LogP contribution is 2.32. The fourth-order valence-electron chi connectivity index (χ4n) is 3.65. The van der Waals surface area contributed by atoms with Gasteiger partial charge in [-0.05, 0) is 36.7 Å². The second-order valence-corrected chi connectivity index (χ2v) is 13.7. The van der Waals surface area contributed by atoms with E-state index in [0.29, 0.717) is 37.2 Å². The molecule has 0 bridgehead atoms. The van der Waals surface area contributed by atoms with Crippen molar-refractivity contribution in [2.45, 2.75) is 57.5 Å². The van der Waals surface area contributed by atoms with Crippen molar-refractivity contribution in [1.82, 2.24) is 0 Å². The Labute approximate surface area is 161 Å². The molecule has 2 fully saturated rings. The Bertz CT molecular complexity index is 715. The van der Waals surface area contributed by atoms with Crippen LogP contribution in [0.5, 0.6) is 0 Å². The summed E-state index contributed by atoms with van der Waals surface area (Å²) in [6.45, 7) is 8.74. The minimum Gasteiger partial charge on any atom is -0.444 e. The van der Waals surface area contributed by atoms with Gasteiger partial charge in [0.2, 0.25) is 0 Å². The average Bonchev–Trinajstić information content (AvgIpc) is 3.01. The van der Waals surface area contributed by atoms with Crippen molar-refractivity contribution in [3.63, 3.8) is 0 Å². The van der Waals surface area contributed by atoms with E-state index in [1.807, 2.05) is 6.92 Å². The summed E-state index contributed by atoms with van der Waals surface area (Å²) in [5.41, 5.74) is 1.12. The molecule has 2 aliphatic heterocycles. The predicted molar refractivity (Wildman–Crippen MR) is 108 cm³/mol. The molecule has 5 nitrogen and oxygen atoms in total. The standard InChI is InChI=1S/C20H29FN2O3Si/c1-4-16(24)6-7-17-14-23(20(25)26-17)15-5-8-19(18(21)13-15)22-9-11-27(2,3)12-10-22/h5,8,13,17H,4,6-7,9-12,14H2,1-3H3/t17-/m0/s1. The van der Waals surface area contributed by atoms with Crippen LogP contribution in [-0.2, 0) is 9.53 Å². The number of nitrogens with zero attached hydrogens (tertiary/aromatic N) is 2. The molecular weight excluding hydrogens is 363 g/mol. The van der Waals surface area contributed by atoms with Crippen molar-refractivity contribution in [3.05, 3.63) is 24.0 Å². The predicted octanol–water partition coefficient (Wildman–Crippen LogP) is 4.44. The van der Waals surface area contributed by atoms with Gasteiger partial charge in [0.15, 0.2) is 0 Å². The van der Waals surface area contributed by atoms with Gasteiger partial charge < -0.3 is 9.64 Å². The van der Waals surface area contributed by atoms with Gasteiger partial charge in [-0.1, -0.05) is 20.0 Å². The Balaban J connectivity index is 1.65. The molecule has 0 spiro atoms. The number of halogens is 1. The van der Waals surface area contributed by atoms with Crippen molar-refractivity contribution >= 4 is 31.3 Å². The molecule has 0 N–H and O–H groups in total. The molecule has 0 saturated carbocycles. The molecule has 1 atom stereocenters. The largest absolute Gasteiger partial charge is 0.444 e. The summed E-state index contributed by atoms with van der Waals surface area (Å²) in [6.07, 6.45) is 0.632. The molecule has 148 valence electrons. The van der Waals surface area contributed by atoms with Gasteiger partial charge in [-0.15, -0.1) is 0 Å². The Morgan fingerprint density at radius 1 is 1.30 bits per heavy atom. The molecule has 7 heteroatoms. The number of Topliss-reactive ketones (excluding diaryl/α,β-unsaturated/α-hetero) is 1. The first-order valence-corrected chi connectivity index (χ1v) is 13.2. The van der Waals surface area contributed by atoms with Gasteiger partial charge in [-0.3, -0.25) is 9.69 Å². The van der Waals surface area contributed by atoms with E-state index in [9.17, 15) is 14.0 Å². The Morgan fingerprint density at radius 3 is 2.63 bits per heavy atom. The molecule has 27 heavy (non-hydrogen) atoms. The molecule has 0 unspecified atom stereocenters. The van der Waals surface area contributed by atoms with E-state index in [0.717, 1.165) is 13.1 Å². The van der Waals surface area contributed by atoms with Gasteiger partial charge in [0.1, 0.15) is 17.7 Å². The summed E-state index contributed by atoms with van der Waals surface area (Å²) in [4.78, 5) is 27.2. The smallest absolute Gasteiger partial charge is 0.414 e. The van der Waals surface area contributed by atoms with E-state index in [2.05, 4.69) is 18.0 Å². The lowest BCUT2D eigenvalue weighted by Crippen LogP contribution is -2.43. The van der Waals surface area contributed by atoms with Crippen LogP contribution in [0, 0.1) is 5.82 Å². The van der Waals surface area contributed by atoms with Crippen LogP contribution >= 0.6 is 0 Å². The summed E-state index contributed by atoms with van der Waals surface area (Å²) in [5.74, 6) is -0.140. The second kappa shape index (κ2) is 8.00. The minimum absolute atomic E-state index is 0.160. The molecule has 0 aliphatic carbocycles. The third-order valence-corrected chi connectivity index (χ3v) is 8.87. The number of cyclic esters (lactones) is 1. The normalized spacial score (nSPS) is 22.1. The maximum Gasteiger partial charge on any atom is 0.414 e.